The van der Waals surface area contributed by atoms with Gasteiger partial charge in [-0.25, -0.2) is 4.79 Å². The number of hydrogen-bond acceptors (Lipinski definition) is 5. The molecule has 0 spiro atoms. The van der Waals surface area contributed by atoms with Crippen LogP contribution in [0.4, 0.5) is 0 Å². The highest BCUT2D eigenvalue weighted by Gasteiger charge is 2.38. The Bertz CT molecular complexity index is 363. The lowest BCUT2D eigenvalue weighted by Crippen LogP contribution is -2.56. The molecule has 1 amide bonds. The quantitative estimate of drug-likeness (QED) is 0.575. The van der Waals surface area contributed by atoms with Crippen molar-refractivity contribution in [1.82, 2.24) is 5.32 Å². The zero-order valence-electron chi connectivity index (χ0n) is 11.0. The number of hydrogen-bond donors (Lipinski definition) is 3. The summed E-state index contributed by atoms with van der Waals surface area (Å²) in [6.45, 7) is 0. The molecular weight excluding hydrogens is 252 g/mol. The topological polar surface area (TPSA) is 119 Å². The molecule has 0 bridgehead atoms. The first-order chi connectivity index (χ1) is 8.89. The first-order valence-corrected chi connectivity index (χ1v) is 6.28. The second kappa shape index (κ2) is 6.51. The van der Waals surface area contributed by atoms with Crippen molar-refractivity contribution in [3.05, 3.63) is 0 Å². The summed E-state index contributed by atoms with van der Waals surface area (Å²) in [4.78, 5) is 34.0. The number of esters is 1. The van der Waals surface area contributed by atoms with Crippen molar-refractivity contribution in [1.29, 1.82) is 0 Å². The van der Waals surface area contributed by atoms with E-state index in [1.54, 1.807) is 0 Å². The summed E-state index contributed by atoms with van der Waals surface area (Å²) in [5.74, 6) is -2.15. The number of ether oxygens (including phenoxy) is 1. The lowest BCUT2D eigenvalue weighted by molar-refractivity contribution is -0.144. The van der Waals surface area contributed by atoms with Crippen LogP contribution in [0.25, 0.3) is 0 Å². The Morgan fingerprint density at radius 2 is 1.95 bits per heavy atom. The van der Waals surface area contributed by atoms with Crippen molar-refractivity contribution in [3.63, 3.8) is 0 Å². The second-order valence-corrected chi connectivity index (χ2v) is 4.84. The maximum atomic E-state index is 12.0. The minimum absolute atomic E-state index is 0.0101. The van der Waals surface area contributed by atoms with Crippen LogP contribution < -0.4 is 11.1 Å². The molecule has 108 valence electrons. The minimum atomic E-state index is -1.18. The maximum absolute atomic E-state index is 12.0. The van der Waals surface area contributed by atoms with Crippen molar-refractivity contribution in [2.45, 2.75) is 50.1 Å². The van der Waals surface area contributed by atoms with Gasteiger partial charge in [0.2, 0.25) is 5.91 Å². The van der Waals surface area contributed by atoms with Gasteiger partial charge in [-0.2, -0.15) is 0 Å². The first-order valence-electron chi connectivity index (χ1n) is 6.28. The van der Waals surface area contributed by atoms with Crippen LogP contribution in [-0.4, -0.2) is 41.6 Å². The summed E-state index contributed by atoms with van der Waals surface area (Å²) in [5.41, 5.74) is 4.96. The molecule has 0 aromatic carbocycles. The number of carbonyl (C=O) groups excluding carboxylic acids is 2. The molecule has 0 radical (unpaired) electrons. The van der Waals surface area contributed by atoms with Gasteiger partial charge in [-0.15, -0.1) is 0 Å². The van der Waals surface area contributed by atoms with Crippen LogP contribution in [0.3, 0.4) is 0 Å². The van der Waals surface area contributed by atoms with Gasteiger partial charge in [-0.3, -0.25) is 9.59 Å². The Morgan fingerprint density at radius 3 is 2.42 bits per heavy atom. The molecule has 1 fully saturated rings. The van der Waals surface area contributed by atoms with Gasteiger partial charge in [0, 0.05) is 6.42 Å². The first kappa shape index (κ1) is 15.4. The number of nitrogens with one attached hydrogen (secondary N) is 1. The molecule has 0 aromatic heterocycles. The zero-order chi connectivity index (χ0) is 14.5. The Kier molecular flexibility index (Phi) is 5.29. The maximum Gasteiger partial charge on any atom is 0.326 e. The standard InChI is InChI=1S/C12H20N2O5/c1-19-9(15)5-4-8(10(16)17)14-11(18)12(13)6-2-3-7-12/h8H,2-7,13H2,1H3,(H,14,18)(H,16,17)/t8-/m1/s1. The van der Waals surface area contributed by atoms with Crippen molar-refractivity contribution < 1.29 is 24.2 Å². The molecule has 0 aliphatic heterocycles. The van der Waals surface area contributed by atoms with E-state index in [9.17, 15) is 14.4 Å². The predicted octanol–water partition coefficient (Wildman–Crippen LogP) is -0.219. The van der Waals surface area contributed by atoms with Gasteiger partial charge < -0.3 is 20.9 Å². The third-order valence-corrected chi connectivity index (χ3v) is 3.42. The molecule has 0 aromatic rings. The fourth-order valence-electron chi connectivity index (χ4n) is 2.16. The van der Waals surface area contributed by atoms with E-state index in [-0.39, 0.29) is 12.8 Å². The average molecular weight is 272 g/mol. The number of rotatable bonds is 6. The molecule has 0 saturated heterocycles. The van der Waals surface area contributed by atoms with Crippen LogP contribution in [0.5, 0.6) is 0 Å². The van der Waals surface area contributed by atoms with Gasteiger partial charge in [0.25, 0.3) is 0 Å². The monoisotopic (exact) mass is 272 g/mol. The van der Waals surface area contributed by atoms with Crippen molar-refractivity contribution in [2.24, 2.45) is 5.73 Å². The number of carbonyl (C=O) groups is 3. The summed E-state index contributed by atoms with van der Waals surface area (Å²) in [7, 11) is 1.23. The molecule has 1 saturated carbocycles. The molecule has 7 nitrogen and oxygen atoms in total. The molecule has 7 heteroatoms. The lowest BCUT2D eigenvalue weighted by Gasteiger charge is -2.24. The van der Waals surface area contributed by atoms with Crippen LogP contribution in [-0.2, 0) is 19.1 Å². The highest BCUT2D eigenvalue weighted by Crippen LogP contribution is 2.27. The third kappa shape index (κ3) is 4.20. The number of carboxylic acid groups (broad SMARTS) is 1. The smallest absolute Gasteiger partial charge is 0.326 e. The Balaban J connectivity index is 2.55. The van der Waals surface area contributed by atoms with Gasteiger partial charge in [-0.1, -0.05) is 12.8 Å². The van der Waals surface area contributed by atoms with E-state index in [0.29, 0.717) is 12.8 Å². The summed E-state index contributed by atoms with van der Waals surface area (Å²) in [5, 5.41) is 11.4. The molecular formula is C12H20N2O5. The average Bonchev–Trinajstić information content (AvgIpc) is 2.81. The SMILES string of the molecule is COC(=O)CC[C@@H](NC(=O)C1(N)CCCC1)C(=O)O. The summed E-state index contributed by atoms with van der Waals surface area (Å²) < 4.78 is 4.44. The van der Waals surface area contributed by atoms with E-state index in [1.165, 1.54) is 7.11 Å². The zero-order valence-corrected chi connectivity index (χ0v) is 11.0. The Morgan fingerprint density at radius 1 is 1.37 bits per heavy atom. The highest BCUT2D eigenvalue weighted by molar-refractivity contribution is 5.90. The number of carboxylic acids is 1. The van der Waals surface area contributed by atoms with Crippen LogP contribution in [0.15, 0.2) is 0 Å². The van der Waals surface area contributed by atoms with E-state index in [2.05, 4.69) is 10.1 Å². The van der Waals surface area contributed by atoms with Crippen LogP contribution in [0.2, 0.25) is 0 Å². The number of amides is 1. The summed E-state index contributed by atoms with van der Waals surface area (Å²) in [6.07, 6.45) is 2.77. The molecule has 0 unspecified atom stereocenters. The highest BCUT2D eigenvalue weighted by atomic mass is 16.5. The van der Waals surface area contributed by atoms with E-state index in [0.717, 1.165) is 12.8 Å². The second-order valence-electron chi connectivity index (χ2n) is 4.84. The normalized spacial score (nSPS) is 18.6. The molecule has 1 atom stereocenters. The minimum Gasteiger partial charge on any atom is -0.480 e. The lowest BCUT2D eigenvalue weighted by atomic mass is 9.97. The van der Waals surface area contributed by atoms with Crippen molar-refractivity contribution >= 4 is 17.8 Å². The van der Waals surface area contributed by atoms with Crippen molar-refractivity contribution in [3.8, 4) is 0 Å². The third-order valence-electron chi connectivity index (χ3n) is 3.42. The van der Waals surface area contributed by atoms with E-state index < -0.39 is 29.4 Å². The molecule has 1 aliphatic rings. The Hall–Kier alpha value is -1.63. The number of nitrogens with two attached hydrogens (primary N) is 1. The largest absolute Gasteiger partial charge is 0.480 e. The van der Waals surface area contributed by atoms with E-state index >= 15 is 0 Å². The number of methoxy groups -OCH3 is 1. The molecule has 1 aliphatic carbocycles. The van der Waals surface area contributed by atoms with Gasteiger partial charge in [0.1, 0.15) is 6.04 Å². The Labute approximate surface area is 111 Å². The molecule has 4 N–H and O–H groups in total. The van der Waals surface area contributed by atoms with E-state index in [4.69, 9.17) is 10.8 Å². The fourth-order valence-corrected chi connectivity index (χ4v) is 2.16. The van der Waals surface area contributed by atoms with Gasteiger partial charge in [0.15, 0.2) is 0 Å². The van der Waals surface area contributed by atoms with Crippen LogP contribution in [0, 0.1) is 0 Å². The summed E-state index contributed by atoms with van der Waals surface area (Å²) in [6, 6.07) is -1.12. The molecule has 0 heterocycles. The summed E-state index contributed by atoms with van der Waals surface area (Å²) >= 11 is 0. The van der Waals surface area contributed by atoms with Gasteiger partial charge in [0.05, 0.1) is 12.6 Å². The van der Waals surface area contributed by atoms with Crippen molar-refractivity contribution in [2.75, 3.05) is 7.11 Å². The van der Waals surface area contributed by atoms with E-state index in [1.807, 2.05) is 0 Å². The van der Waals surface area contributed by atoms with Crippen LogP contribution in [0.1, 0.15) is 38.5 Å². The van der Waals surface area contributed by atoms with Gasteiger partial charge in [-0.05, 0) is 19.3 Å². The molecule has 19 heavy (non-hydrogen) atoms. The molecule has 1 rings (SSSR count). The van der Waals surface area contributed by atoms with Gasteiger partial charge >= 0.3 is 11.9 Å². The fraction of sp³-hybridized carbons (Fsp3) is 0.750. The van der Waals surface area contributed by atoms with Crippen LogP contribution >= 0.6 is 0 Å². The predicted molar refractivity (Wildman–Crippen MR) is 66.2 cm³/mol. The number of aliphatic carboxylic acids is 1.